The minimum Gasteiger partial charge on any atom is -0.339 e. The molecule has 24 heavy (non-hydrogen) atoms. The number of unbranched alkanes of at least 4 members (excludes halogenated alkanes) is 5. The molecule has 0 aromatic heterocycles. The van der Waals surface area contributed by atoms with Gasteiger partial charge in [-0.05, 0) is 55.4 Å². The van der Waals surface area contributed by atoms with Crippen molar-refractivity contribution in [2.75, 3.05) is 13.1 Å². The van der Waals surface area contributed by atoms with Crippen LogP contribution in [0.1, 0.15) is 69.8 Å². The molecule has 1 aliphatic rings. The van der Waals surface area contributed by atoms with Crippen molar-refractivity contribution in [2.24, 2.45) is 0 Å². The zero-order chi connectivity index (χ0) is 17.2. The molecule has 0 spiro atoms. The van der Waals surface area contributed by atoms with Crippen LogP contribution in [0, 0.1) is 0 Å². The first-order chi connectivity index (χ1) is 11.7. The molecular weight excluding hydrogens is 318 g/mol. The van der Waals surface area contributed by atoms with Gasteiger partial charge in [0.15, 0.2) is 0 Å². The molecule has 3 heteroatoms. The number of benzene rings is 1. The number of nitrogens with zero attached hydrogens (tertiary/aromatic N) is 1. The van der Waals surface area contributed by atoms with Crippen LogP contribution in [0.5, 0.6) is 0 Å². The van der Waals surface area contributed by atoms with Crippen molar-refractivity contribution in [2.45, 2.75) is 64.2 Å². The Labute approximate surface area is 151 Å². The highest BCUT2D eigenvalue weighted by Gasteiger charge is 2.22. The Hall–Kier alpha value is -1.28. The molecule has 0 unspecified atom stereocenters. The van der Waals surface area contributed by atoms with E-state index >= 15 is 0 Å². The predicted molar refractivity (Wildman–Crippen MR) is 103 cm³/mol. The lowest BCUT2D eigenvalue weighted by Crippen LogP contribution is -2.36. The van der Waals surface area contributed by atoms with Crippen molar-refractivity contribution in [3.63, 3.8) is 0 Å². The number of rotatable bonds is 8. The first-order valence-corrected chi connectivity index (χ1v) is 9.79. The third-order valence-electron chi connectivity index (χ3n) is 4.88. The summed E-state index contributed by atoms with van der Waals surface area (Å²) < 4.78 is 0. The third-order valence-corrected chi connectivity index (χ3v) is 5.13. The zero-order valence-corrected chi connectivity index (χ0v) is 15.6. The fourth-order valence-corrected chi connectivity index (χ4v) is 3.45. The maximum atomic E-state index is 12.2. The quantitative estimate of drug-likeness (QED) is 0.419. The van der Waals surface area contributed by atoms with Gasteiger partial charge in [0.2, 0.25) is 5.91 Å². The molecular formula is C21H30ClNO. The lowest BCUT2D eigenvalue weighted by Gasteiger charge is -2.31. The Morgan fingerprint density at radius 2 is 1.79 bits per heavy atom. The molecule has 1 aromatic carbocycles. The van der Waals surface area contributed by atoms with Gasteiger partial charge in [-0.25, -0.2) is 0 Å². The van der Waals surface area contributed by atoms with Gasteiger partial charge in [-0.3, -0.25) is 4.79 Å². The summed E-state index contributed by atoms with van der Waals surface area (Å²) in [5, 5.41) is 0.784. The molecule has 1 saturated heterocycles. The highest BCUT2D eigenvalue weighted by Crippen LogP contribution is 2.28. The lowest BCUT2D eigenvalue weighted by atomic mass is 9.89. The number of hydrogen-bond donors (Lipinski definition) is 0. The van der Waals surface area contributed by atoms with E-state index in [1.807, 2.05) is 17.0 Å². The maximum absolute atomic E-state index is 12.2. The molecule has 1 aromatic rings. The monoisotopic (exact) mass is 347 g/mol. The Balaban J connectivity index is 1.67. The van der Waals surface area contributed by atoms with E-state index in [2.05, 4.69) is 25.1 Å². The summed E-state index contributed by atoms with van der Waals surface area (Å²) in [6, 6.07) is 8.14. The van der Waals surface area contributed by atoms with Crippen LogP contribution in [-0.2, 0) is 4.79 Å². The molecule has 0 bridgehead atoms. The van der Waals surface area contributed by atoms with Gasteiger partial charge in [-0.1, -0.05) is 62.4 Å². The first-order valence-electron chi connectivity index (χ1n) is 9.41. The smallest absolute Gasteiger partial charge is 0.246 e. The summed E-state index contributed by atoms with van der Waals surface area (Å²) in [5.74, 6) is 0.729. The Morgan fingerprint density at radius 1 is 1.12 bits per heavy atom. The fourth-order valence-electron chi connectivity index (χ4n) is 3.32. The molecule has 1 heterocycles. The molecule has 132 valence electrons. The summed E-state index contributed by atoms with van der Waals surface area (Å²) in [6.45, 7) is 3.94. The second kappa shape index (κ2) is 10.6. The van der Waals surface area contributed by atoms with Crippen molar-refractivity contribution in [3.8, 4) is 0 Å². The van der Waals surface area contributed by atoms with Crippen molar-refractivity contribution in [3.05, 3.63) is 47.0 Å². The van der Waals surface area contributed by atoms with E-state index in [1.165, 1.54) is 37.7 Å². The van der Waals surface area contributed by atoms with Gasteiger partial charge in [-0.2, -0.15) is 0 Å². The summed E-state index contributed by atoms with van der Waals surface area (Å²) in [5.41, 5.74) is 1.34. The van der Waals surface area contributed by atoms with Gasteiger partial charge in [0.05, 0.1) is 0 Å². The molecule has 1 aliphatic heterocycles. The van der Waals surface area contributed by atoms with Crippen LogP contribution in [0.3, 0.4) is 0 Å². The van der Waals surface area contributed by atoms with Gasteiger partial charge in [0.25, 0.3) is 0 Å². The van der Waals surface area contributed by atoms with Crippen molar-refractivity contribution in [1.29, 1.82) is 0 Å². The van der Waals surface area contributed by atoms with Gasteiger partial charge < -0.3 is 4.90 Å². The second-order valence-electron chi connectivity index (χ2n) is 6.76. The maximum Gasteiger partial charge on any atom is 0.246 e. The number of likely N-dealkylation sites (tertiary alicyclic amines) is 1. The van der Waals surface area contributed by atoms with Crippen LogP contribution in [0.2, 0.25) is 5.02 Å². The Morgan fingerprint density at radius 3 is 2.46 bits per heavy atom. The minimum absolute atomic E-state index is 0.179. The van der Waals surface area contributed by atoms with Crippen LogP contribution < -0.4 is 0 Å². The van der Waals surface area contributed by atoms with Gasteiger partial charge in [0, 0.05) is 18.1 Å². The highest BCUT2D eigenvalue weighted by atomic mass is 35.5. The number of halogens is 1. The van der Waals surface area contributed by atoms with Crippen LogP contribution >= 0.6 is 11.6 Å². The van der Waals surface area contributed by atoms with Crippen molar-refractivity contribution in [1.82, 2.24) is 4.90 Å². The number of piperidine rings is 1. The Bertz CT molecular complexity index is 515. The molecule has 1 amide bonds. The molecule has 0 saturated carbocycles. The zero-order valence-electron chi connectivity index (χ0n) is 14.8. The van der Waals surface area contributed by atoms with Crippen LogP contribution in [0.4, 0.5) is 0 Å². The summed E-state index contributed by atoms with van der Waals surface area (Å²) in [4.78, 5) is 14.2. The van der Waals surface area contributed by atoms with E-state index in [0.29, 0.717) is 5.92 Å². The van der Waals surface area contributed by atoms with Gasteiger partial charge in [0.1, 0.15) is 0 Å². The van der Waals surface area contributed by atoms with E-state index in [1.54, 1.807) is 6.08 Å². The second-order valence-corrected chi connectivity index (χ2v) is 7.19. The number of amides is 1. The van der Waals surface area contributed by atoms with E-state index < -0.39 is 0 Å². The van der Waals surface area contributed by atoms with Crippen molar-refractivity contribution >= 4 is 17.5 Å². The van der Waals surface area contributed by atoms with E-state index in [-0.39, 0.29) is 5.91 Å². The van der Waals surface area contributed by atoms with E-state index in [4.69, 9.17) is 11.6 Å². The molecule has 0 atom stereocenters. The minimum atomic E-state index is 0.179. The standard InChI is InChI=1S/C21H30ClNO/c1-2-3-4-5-6-7-8-9-21(24)23-16-14-19(15-17-23)18-10-12-20(22)13-11-18/h8-13,19H,2-7,14-17H2,1H3/b9-8+. The molecule has 2 rings (SSSR count). The number of carbonyl (C=O) groups is 1. The summed E-state index contributed by atoms with van der Waals surface area (Å²) in [7, 11) is 0. The highest BCUT2D eigenvalue weighted by molar-refractivity contribution is 6.30. The lowest BCUT2D eigenvalue weighted by molar-refractivity contribution is -0.127. The van der Waals surface area contributed by atoms with Gasteiger partial charge in [-0.15, -0.1) is 0 Å². The van der Waals surface area contributed by atoms with Crippen LogP contribution in [-0.4, -0.2) is 23.9 Å². The summed E-state index contributed by atoms with van der Waals surface area (Å²) >= 11 is 5.95. The SMILES string of the molecule is CCCCCCC/C=C/C(=O)N1CCC(c2ccc(Cl)cc2)CC1. The normalized spacial score (nSPS) is 16.0. The Kier molecular flexibility index (Phi) is 8.38. The summed E-state index contributed by atoms with van der Waals surface area (Å²) in [6.07, 6.45) is 13.3. The third kappa shape index (κ3) is 6.32. The van der Waals surface area contributed by atoms with Crippen molar-refractivity contribution < 1.29 is 4.79 Å². The van der Waals surface area contributed by atoms with E-state index in [0.717, 1.165) is 37.4 Å². The molecule has 1 fully saturated rings. The topological polar surface area (TPSA) is 20.3 Å². The van der Waals surface area contributed by atoms with E-state index in [9.17, 15) is 4.79 Å². The first kappa shape index (κ1) is 19.1. The molecule has 0 radical (unpaired) electrons. The number of hydrogen-bond acceptors (Lipinski definition) is 1. The average Bonchev–Trinajstić information content (AvgIpc) is 2.61. The molecule has 0 N–H and O–H groups in total. The largest absolute Gasteiger partial charge is 0.339 e. The average molecular weight is 348 g/mol. The van der Waals surface area contributed by atoms with Crippen LogP contribution in [0.25, 0.3) is 0 Å². The van der Waals surface area contributed by atoms with Gasteiger partial charge >= 0.3 is 0 Å². The fraction of sp³-hybridized carbons (Fsp3) is 0.571. The molecule has 2 nitrogen and oxygen atoms in total. The van der Waals surface area contributed by atoms with Crippen LogP contribution in [0.15, 0.2) is 36.4 Å². The predicted octanol–water partition coefficient (Wildman–Crippen LogP) is 5.96. The number of allylic oxidation sites excluding steroid dienone is 1. The number of carbonyl (C=O) groups excluding carboxylic acids is 1. The molecule has 0 aliphatic carbocycles.